The first kappa shape index (κ1) is 19.8. The molecule has 1 saturated heterocycles. The fraction of sp³-hybridized carbons (Fsp3) is 0.391. The molecule has 0 N–H and O–H groups in total. The average molecular weight is 384 g/mol. The molecule has 0 aliphatic carbocycles. The predicted octanol–water partition coefficient (Wildman–Crippen LogP) is 5.16. The topological polar surface area (TPSA) is 37.4 Å². The number of hydrogen-bond acceptors (Lipinski definition) is 2. The lowest BCUT2D eigenvalue weighted by atomic mass is 9.86. The van der Waals surface area contributed by atoms with Crippen LogP contribution in [0.5, 0.6) is 0 Å². The van der Waals surface area contributed by atoms with Gasteiger partial charge in [-0.05, 0) is 48.4 Å². The van der Waals surface area contributed by atoms with E-state index in [4.69, 9.17) is 0 Å². The molecule has 0 bridgehead atoms. The molecule has 1 aliphatic rings. The van der Waals surface area contributed by atoms with Gasteiger partial charge in [-0.3, -0.25) is 0 Å². The Morgan fingerprint density at radius 3 is 1.96 bits per heavy atom. The maximum atomic E-state index is 12.8. The molecule has 1 heterocycles. The molecule has 2 aromatic carbocycles. The molecule has 27 heavy (non-hydrogen) atoms. The lowest BCUT2D eigenvalue weighted by Gasteiger charge is -2.28. The van der Waals surface area contributed by atoms with Gasteiger partial charge < -0.3 is 0 Å². The first-order valence-electron chi connectivity index (χ1n) is 9.53. The number of sulfonamides is 1. The Kier molecular flexibility index (Phi) is 5.59. The Morgan fingerprint density at radius 1 is 0.889 bits per heavy atom. The minimum absolute atomic E-state index is 0.154. The van der Waals surface area contributed by atoms with Crippen molar-refractivity contribution in [3.05, 3.63) is 70.8 Å². The van der Waals surface area contributed by atoms with Gasteiger partial charge in [0.15, 0.2) is 0 Å². The zero-order chi connectivity index (χ0) is 19.7. The van der Waals surface area contributed by atoms with E-state index in [-0.39, 0.29) is 5.41 Å². The second-order valence-electron chi connectivity index (χ2n) is 8.39. The molecule has 144 valence electrons. The van der Waals surface area contributed by atoms with Crippen LogP contribution in [0.3, 0.4) is 0 Å². The molecule has 0 spiro atoms. The van der Waals surface area contributed by atoms with Crippen LogP contribution in [0.4, 0.5) is 0 Å². The molecule has 0 saturated carbocycles. The summed E-state index contributed by atoms with van der Waals surface area (Å²) in [5, 5.41) is 0. The molecule has 1 fully saturated rings. The van der Waals surface area contributed by atoms with Gasteiger partial charge >= 0.3 is 0 Å². The maximum Gasteiger partial charge on any atom is 0.243 e. The molecule has 4 heteroatoms. The molecule has 3 rings (SSSR count). The highest BCUT2D eigenvalue weighted by Crippen LogP contribution is 2.26. The van der Waals surface area contributed by atoms with E-state index in [1.165, 1.54) is 16.7 Å². The number of aryl methyl sites for hydroxylation is 1. The van der Waals surface area contributed by atoms with E-state index in [0.29, 0.717) is 18.0 Å². The fourth-order valence-corrected chi connectivity index (χ4v) is 4.77. The van der Waals surface area contributed by atoms with Crippen LogP contribution < -0.4 is 0 Å². The van der Waals surface area contributed by atoms with Gasteiger partial charge in [0, 0.05) is 13.1 Å². The third-order valence-electron chi connectivity index (χ3n) is 5.17. The smallest absolute Gasteiger partial charge is 0.207 e. The number of piperidine rings is 1. The number of hydrogen-bond donors (Lipinski definition) is 0. The molecule has 2 aromatic rings. The summed E-state index contributed by atoms with van der Waals surface area (Å²) in [4.78, 5) is 0.387. The van der Waals surface area contributed by atoms with Gasteiger partial charge in [0.25, 0.3) is 0 Å². The normalized spacial score (nSPS) is 16.4. The Balaban J connectivity index is 1.68. The first-order valence-corrected chi connectivity index (χ1v) is 11.0. The predicted molar refractivity (Wildman–Crippen MR) is 112 cm³/mol. The van der Waals surface area contributed by atoms with Crippen molar-refractivity contribution in [2.75, 3.05) is 13.1 Å². The van der Waals surface area contributed by atoms with E-state index in [1.807, 2.05) is 19.1 Å². The minimum Gasteiger partial charge on any atom is -0.207 e. The van der Waals surface area contributed by atoms with Gasteiger partial charge in [-0.25, -0.2) is 8.42 Å². The zero-order valence-corrected chi connectivity index (χ0v) is 17.5. The standard InChI is InChI=1S/C23H29NO2S/c1-18-5-11-22(12-6-18)27(25,26)24-15-13-20(14-16-24)17-19-7-9-21(10-8-19)23(2,3)4/h5-12,17H,13-16H2,1-4H3. The van der Waals surface area contributed by atoms with Crippen molar-refractivity contribution in [2.45, 2.75) is 50.8 Å². The summed E-state index contributed by atoms with van der Waals surface area (Å²) in [6.07, 6.45) is 3.78. The third-order valence-corrected chi connectivity index (χ3v) is 7.08. The Morgan fingerprint density at radius 2 is 1.44 bits per heavy atom. The summed E-state index contributed by atoms with van der Waals surface area (Å²) < 4.78 is 27.2. The highest BCUT2D eigenvalue weighted by Gasteiger charge is 2.27. The SMILES string of the molecule is Cc1ccc(S(=O)(=O)N2CCC(=Cc3ccc(C(C)(C)C)cc3)CC2)cc1. The molecular formula is C23H29NO2S. The van der Waals surface area contributed by atoms with Crippen LogP contribution in [-0.2, 0) is 15.4 Å². The molecule has 1 aliphatic heterocycles. The summed E-state index contributed by atoms with van der Waals surface area (Å²) >= 11 is 0. The molecule has 0 amide bonds. The zero-order valence-electron chi connectivity index (χ0n) is 16.7. The Hall–Kier alpha value is -1.91. The molecule has 0 atom stereocenters. The highest BCUT2D eigenvalue weighted by molar-refractivity contribution is 7.89. The van der Waals surface area contributed by atoms with E-state index < -0.39 is 10.0 Å². The molecule has 3 nitrogen and oxygen atoms in total. The van der Waals surface area contributed by atoms with Gasteiger partial charge in [-0.15, -0.1) is 0 Å². The molecule has 0 aromatic heterocycles. The van der Waals surface area contributed by atoms with Crippen LogP contribution in [0.15, 0.2) is 59.0 Å². The van der Waals surface area contributed by atoms with Crippen LogP contribution in [0.2, 0.25) is 0 Å². The van der Waals surface area contributed by atoms with Gasteiger partial charge in [-0.2, -0.15) is 4.31 Å². The van der Waals surface area contributed by atoms with E-state index in [0.717, 1.165) is 18.4 Å². The van der Waals surface area contributed by atoms with E-state index in [2.05, 4.69) is 51.1 Å². The number of nitrogens with zero attached hydrogens (tertiary/aromatic N) is 1. The largest absolute Gasteiger partial charge is 0.243 e. The quantitative estimate of drug-likeness (QED) is 0.734. The Labute approximate surface area is 163 Å². The van der Waals surface area contributed by atoms with Gasteiger partial charge in [-0.1, -0.05) is 74.4 Å². The fourth-order valence-electron chi connectivity index (χ4n) is 3.33. The molecule has 0 unspecified atom stereocenters. The second-order valence-corrected chi connectivity index (χ2v) is 10.3. The summed E-state index contributed by atoms with van der Waals surface area (Å²) in [6, 6.07) is 15.8. The van der Waals surface area contributed by atoms with Crippen LogP contribution in [0, 0.1) is 6.92 Å². The summed E-state index contributed by atoms with van der Waals surface area (Å²) in [5.41, 5.74) is 5.04. The monoisotopic (exact) mass is 383 g/mol. The lowest BCUT2D eigenvalue weighted by molar-refractivity contribution is 0.388. The third kappa shape index (κ3) is 4.69. The van der Waals surface area contributed by atoms with Crippen molar-refractivity contribution in [1.29, 1.82) is 0 Å². The van der Waals surface area contributed by atoms with E-state index >= 15 is 0 Å². The number of benzene rings is 2. The van der Waals surface area contributed by atoms with Crippen molar-refractivity contribution < 1.29 is 8.42 Å². The van der Waals surface area contributed by atoms with E-state index in [1.54, 1.807) is 16.4 Å². The van der Waals surface area contributed by atoms with Crippen LogP contribution >= 0.6 is 0 Å². The highest BCUT2D eigenvalue weighted by atomic mass is 32.2. The van der Waals surface area contributed by atoms with Crippen LogP contribution in [0.1, 0.15) is 50.3 Å². The van der Waals surface area contributed by atoms with E-state index in [9.17, 15) is 8.42 Å². The van der Waals surface area contributed by atoms with Gasteiger partial charge in [0.1, 0.15) is 0 Å². The summed E-state index contributed by atoms with van der Waals surface area (Å²) in [6.45, 7) is 9.69. The lowest BCUT2D eigenvalue weighted by Crippen LogP contribution is -2.36. The van der Waals surface area contributed by atoms with Crippen molar-refractivity contribution >= 4 is 16.1 Å². The Bertz CT molecular complexity index is 908. The van der Waals surface area contributed by atoms with Crippen molar-refractivity contribution in [3.8, 4) is 0 Å². The van der Waals surface area contributed by atoms with Gasteiger partial charge in [0.05, 0.1) is 4.90 Å². The van der Waals surface area contributed by atoms with Crippen molar-refractivity contribution in [2.24, 2.45) is 0 Å². The van der Waals surface area contributed by atoms with Crippen molar-refractivity contribution in [3.63, 3.8) is 0 Å². The molecular weight excluding hydrogens is 354 g/mol. The second kappa shape index (κ2) is 7.61. The minimum atomic E-state index is -3.39. The van der Waals surface area contributed by atoms with Crippen LogP contribution in [0.25, 0.3) is 6.08 Å². The molecule has 0 radical (unpaired) electrons. The maximum absolute atomic E-state index is 12.8. The van der Waals surface area contributed by atoms with Crippen LogP contribution in [-0.4, -0.2) is 25.8 Å². The summed E-state index contributed by atoms with van der Waals surface area (Å²) in [7, 11) is -3.39. The number of rotatable bonds is 3. The van der Waals surface area contributed by atoms with Crippen molar-refractivity contribution in [1.82, 2.24) is 4.31 Å². The summed E-state index contributed by atoms with van der Waals surface area (Å²) in [5.74, 6) is 0. The first-order chi connectivity index (χ1) is 12.7. The van der Waals surface area contributed by atoms with Gasteiger partial charge in [0.2, 0.25) is 10.0 Å². The average Bonchev–Trinajstić information content (AvgIpc) is 2.62.